The van der Waals surface area contributed by atoms with Crippen LogP contribution in [0.2, 0.25) is 0 Å². The summed E-state index contributed by atoms with van der Waals surface area (Å²) in [6.07, 6.45) is 3.55. The Morgan fingerprint density at radius 3 is 2.85 bits per heavy atom. The molecule has 0 saturated carbocycles. The van der Waals surface area contributed by atoms with E-state index in [9.17, 15) is 9.90 Å². The van der Waals surface area contributed by atoms with Gasteiger partial charge in [0, 0.05) is 17.3 Å². The number of thiazole rings is 1. The van der Waals surface area contributed by atoms with Crippen LogP contribution in [-0.2, 0) is 6.54 Å². The van der Waals surface area contributed by atoms with E-state index in [1.165, 1.54) is 11.3 Å². The molecule has 4 aromatic rings. The second kappa shape index (κ2) is 10.3. The second-order valence-electron chi connectivity index (χ2n) is 7.40. The first-order valence-electron chi connectivity index (χ1n) is 10.8. The highest BCUT2D eigenvalue weighted by molar-refractivity contribution is 7.07. The van der Waals surface area contributed by atoms with Crippen LogP contribution in [0.3, 0.4) is 0 Å². The van der Waals surface area contributed by atoms with Crippen molar-refractivity contribution in [2.45, 2.75) is 33.2 Å². The van der Waals surface area contributed by atoms with Crippen molar-refractivity contribution < 1.29 is 14.3 Å². The van der Waals surface area contributed by atoms with Crippen molar-refractivity contribution in [3.63, 3.8) is 0 Å². The Morgan fingerprint density at radius 1 is 1.18 bits per heavy atom. The normalized spacial score (nSPS) is 12.1. The minimum absolute atomic E-state index is 0.0838. The van der Waals surface area contributed by atoms with Crippen molar-refractivity contribution in [1.82, 2.24) is 4.57 Å². The smallest absolute Gasteiger partial charge is 0.345 e. The topological polar surface area (TPSA) is 89.3 Å². The zero-order chi connectivity index (χ0) is 23.2. The van der Waals surface area contributed by atoms with E-state index in [4.69, 9.17) is 9.15 Å². The molecule has 2 aromatic carbocycles. The number of phenolic OH excluding ortho intramolecular Hbond substituents is 1. The van der Waals surface area contributed by atoms with Crippen LogP contribution in [0.1, 0.15) is 32.3 Å². The number of hydrogen-bond donors (Lipinski definition) is 1. The quantitative estimate of drug-likeness (QED) is 0.222. The first-order valence-corrected chi connectivity index (χ1v) is 11.7. The van der Waals surface area contributed by atoms with Gasteiger partial charge in [0.05, 0.1) is 24.1 Å². The zero-order valence-corrected chi connectivity index (χ0v) is 19.3. The van der Waals surface area contributed by atoms with Crippen LogP contribution in [-0.4, -0.2) is 22.5 Å². The van der Waals surface area contributed by atoms with Gasteiger partial charge in [0.1, 0.15) is 5.58 Å². The number of nitrogens with zero attached hydrogens (tertiary/aromatic N) is 3. The number of benzene rings is 2. The van der Waals surface area contributed by atoms with Gasteiger partial charge in [-0.05, 0) is 49.2 Å². The number of ether oxygens (including phenoxy) is 1. The fraction of sp³-hybridized carbons (Fsp3) is 0.240. The second-order valence-corrected chi connectivity index (χ2v) is 8.24. The molecule has 0 saturated heterocycles. The maximum absolute atomic E-state index is 12.7. The predicted molar refractivity (Wildman–Crippen MR) is 131 cm³/mol. The first-order chi connectivity index (χ1) is 16.1. The van der Waals surface area contributed by atoms with E-state index in [1.54, 1.807) is 30.5 Å². The van der Waals surface area contributed by atoms with E-state index in [0.29, 0.717) is 34.8 Å². The molecule has 0 aliphatic carbocycles. The lowest BCUT2D eigenvalue weighted by molar-refractivity contribution is 0.318. The van der Waals surface area contributed by atoms with Crippen LogP contribution < -0.4 is 15.2 Å². The van der Waals surface area contributed by atoms with Gasteiger partial charge >= 0.3 is 5.63 Å². The number of hydrogen-bond acceptors (Lipinski definition) is 7. The summed E-state index contributed by atoms with van der Waals surface area (Å²) in [5, 5.41) is 21.3. The van der Waals surface area contributed by atoms with Crippen molar-refractivity contribution >= 4 is 28.5 Å². The number of fused-ring (bicyclic) bond motifs is 1. The van der Waals surface area contributed by atoms with Gasteiger partial charge in [-0.15, -0.1) is 16.4 Å². The number of aromatic hydroxyl groups is 1. The molecule has 0 atom stereocenters. The summed E-state index contributed by atoms with van der Waals surface area (Å²) in [6.45, 7) is 5.14. The van der Waals surface area contributed by atoms with E-state index in [0.717, 1.165) is 29.5 Å². The lowest BCUT2D eigenvalue weighted by Crippen LogP contribution is -2.17. The highest BCUT2D eigenvalue weighted by Crippen LogP contribution is 2.26. The van der Waals surface area contributed by atoms with E-state index in [-0.39, 0.29) is 11.4 Å². The molecule has 0 radical (unpaired) electrons. The minimum Gasteiger partial charge on any atom is -0.504 e. The molecule has 0 aliphatic heterocycles. The molecule has 1 N–H and O–H groups in total. The molecule has 0 unspecified atom stereocenters. The van der Waals surface area contributed by atoms with Gasteiger partial charge < -0.3 is 18.8 Å². The Balaban J connectivity index is 1.72. The minimum atomic E-state index is -0.376. The van der Waals surface area contributed by atoms with Crippen LogP contribution in [0.5, 0.6) is 11.5 Å². The molecule has 170 valence electrons. The fourth-order valence-corrected chi connectivity index (χ4v) is 4.31. The lowest BCUT2D eigenvalue weighted by atomic mass is 10.1. The molecule has 8 heteroatoms. The highest BCUT2D eigenvalue weighted by atomic mass is 32.1. The molecule has 0 spiro atoms. The number of phenols is 1. The lowest BCUT2D eigenvalue weighted by Gasteiger charge is -2.08. The van der Waals surface area contributed by atoms with Crippen LogP contribution in [0.25, 0.3) is 22.2 Å². The molecule has 2 heterocycles. The first kappa shape index (κ1) is 22.5. The van der Waals surface area contributed by atoms with Crippen LogP contribution in [0.15, 0.2) is 73.3 Å². The third-order valence-corrected chi connectivity index (χ3v) is 5.94. The summed E-state index contributed by atoms with van der Waals surface area (Å²) >= 11 is 1.42. The van der Waals surface area contributed by atoms with Gasteiger partial charge in [-0.1, -0.05) is 31.5 Å². The van der Waals surface area contributed by atoms with Gasteiger partial charge in [0.25, 0.3) is 0 Å². The van der Waals surface area contributed by atoms with Gasteiger partial charge in [-0.2, -0.15) is 5.10 Å². The molecule has 7 nitrogen and oxygen atoms in total. The van der Waals surface area contributed by atoms with E-state index in [1.807, 2.05) is 41.1 Å². The predicted octanol–water partition coefficient (Wildman–Crippen LogP) is 5.16. The molecule has 2 aromatic heterocycles. The van der Waals surface area contributed by atoms with Crippen LogP contribution >= 0.6 is 11.3 Å². The molecule has 4 rings (SSSR count). The summed E-state index contributed by atoms with van der Waals surface area (Å²) in [5.74, 6) is 0.487. The highest BCUT2D eigenvalue weighted by Gasteiger charge is 2.14. The third-order valence-electron chi connectivity index (χ3n) is 5.08. The van der Waals surface area contributed by atoms with Crippen molar-refractivity contribution in [1.29, 1.82) is 0 Å². The monoisotopic (exact) mass is 463 g/mol. The Morgan fingerprint density at radius 2 is 2.03 bits per heavy atom. The molecule has 0 bridgehead atoms. The number of aromatic nitrogens is 1. The maximum Gasteiger partial charge on any atom is 0.345 e. The Hall–Kier alpha value is -3.65. The Labute approximate surface area is 194 Å². The van der Waals surface area contributed by atoms with Crippen molar-refractivity contribution in [2.24, 2.45) is 10.2 Å². The maximum atomic E-state index is 12.7. The van der Waals surface area contributed by atoms with Crippen molar-refractivity contribution in [3.8, 4) is 22.8 Å². The van der Waals surface area contributed by atoms with Gasteiger partial charge in [-0.3, -0.25) is 0 Å². The average Bonchev–Trinajstić information content (AvgIpc) is 3.21. The van der Waals surface area contributed by atoms with E-state index < -0.39 is 0 Å². The van der Waals surface area contributed by atoms with Crippen molar-refractivity contribution in [3.05, 3.63) is 74.7 Å². The Kier molecular flexibility index (Phi) is 7.04. The number of para-hydroxylation sites is 1. The summed E-state index contributed by atoms with van der Waals surface area (Å²) in [7, 11) is 0. The average molecular weight is 464 g/mol. The number of unbranched alkanes of at least 4 members (excludes halogenated alkanes) is 1. The summed E-state index contributed by atoms with van der Waals surface area (Å²) in [4.78, 5) is 13.4. The molecular weight excluding hydrogens is 438 g/mol. The van der Waals surface area contributed by atoms with Crippen LogP contribution in [0, 0.1) is 0 Å². The van der Waals surface area contributed by atoms with Crippen molar-refractivity contribution in [2.75, 3.05) is 6.61 Å². The summed E-state index contributed by atoms with van der Waals surface area (Å²) in [5.41, 5.74) is 2.22. The number of rotatable bonds is 8. The molecule has 0 fully saturated rings. The van der Waals surface area contributed by atoms with Crippen LogP contribution in [0.4, 0.5) is 0 Å². The molecule has 0 aliphatic rings. The molecular formula is C25H25N3O4S. The molecule has 33 heavy (non-hydrogen) atoms. The standard InChI is InChI=1S/C25H25N3O4S/c1-3-5-12-28-20(19-14-18-8-6-7-9-22(18)32-24(19)30)16-33-25(28)27-26-15-17-10-11-21(29)23(13-17)31-4-2/h6-11,13-16,29H,3-5,12H2,1-2H3/b26-15+,27-25-. The van der Waals surface area contributed by atoms with Gasteiger partial charge in [0.2, 0.25) is 4.80 Å². The fourth-order valence-electron chi connectivity index (χ4n) is 3.43. The molecule has 0 amide bonds. The zero-order valence-electron chi connectivity index (χ0n) is 18.5. The van der Waals surface area contributed by atoms with E-state index >= 15 is 0 Å². The SMILES string of the molecule is CCCCn1c(-c2cc3ccccc3oc2=O)cs/c1=N\N=C\c1ccc(O)c(OCC)c1. The summed E-state index contributed by atoms with van der Waals surface area (Å²) in [6, 6.07) is 14.4. The van der Waals surface area contributed by atoms with Gasteiger partial charge in [0.15, 0.2) is 11.5 Å². The van der Waals surface area contributed by atoms with E-state index in [2.05, 4.69) is 17.1 Å². The third kappa shape index (κ3) is 5.06. The summed E-state index contributed by atoms with van der Waals surface area (Å²) < 4.78 is 13.0. The largest absolute Gasteiger partial charge is 0.504 e. The Bertz CT molecular complexity index is 1420. The van der Waals surface area contributed by atoms with Gasteiger partial charge in [-0.25, -0.2) is 4.79 Å².